The van der Waals surface area contributed by atoms with Crippen LogP contribution in [0, 0.1) is 11.6 Å². The molecule has 1 heterocycles. The minimum absolute atomic E-state index is 0.156. The number of benzene rings is 1. The second kappa shape index (κ2) is 5.96. The van der Waals surface area contributed by atoms with Crippen LogP contribution < -0.4 is 5.32 Å². The Bertz CT molecular complexity index is 641. The molecule has 1 aromatic carbocycles. The van der Waals surface area contributed by atoms with Crippen LogP contribution in [0.25, 0.3) is 0 Å². The number of halogens is 3. The van der Waals surface area contributed by atoms with Crippen LogP contribution in [0.3, 0.4) is 0 Å². The van der Waals surface area contributed by atoms with Gasteiger partial charge in [0.05, 0.1) is 0 Å². The quantitative estimate of drug-likeness (QED) is 0.875. The van der Waals surface area contributed by atoms with E-state index in [1.807, 2.05) is 6.92 Å². The summed E-state index contributed by atoms with van der Waals surface area (Å²) in [5, 5.41) is 2.35. The van der Waals surface area contributed by atoms with Crippen molar-refractivity contribution in [1.29, 1.82) is 0 Å². The lowest BCUT2D eigenvalue weighted by atomic mass is 10.2. The van der Waals surface area contributed by atoms with Crippen LogP contribution >= 0.6 is 11.6 Å². The van der Waals surface area contributed by atoms with Gasteiger partial charge in [-0.1, -0.05) is 24.6 Å². The number of aromatic nitrogens is 1. The van der Waals surface area contributed by atoms with Crippen molar-refractivity contribution in [2.75, 3.05) is 5.32 Å². The molecule has 0 saturated carbocycles. The van der Waals surface area contributed by atoms with Crippen molar-refractivity contribution in [3.8, 4) is 0 Å². The van der Waals surface area contributed by atoms with Gasteiger partial charge in [0.15, 0.2) is 0 Å². The molecular formula is C14H11ClF2N2O. The summed E-state index contributed by atoms with van der Waals surface area (Å²) in [6.45, 7) is 1.86. The van der Waals surface area contributed by atoms with Crippen LogP contribution in [0.5, 0.6) is 0 Å². The van der Waals surface area contributed by atoms with Gasteiger partial charge >= 0.3 is 0 Å². The van der Waals surface area contributed by atoms with Crippen molar-refractivity contribution in [3.05, 3.63) is 58.4 Å². The third-order valence-electron chi connectivity index (χ3n) is 2.67. The fourth-order valence-corrected chi connectivity index (χ4v) is 1.89. The molecule has 2 aromatic rings. The maximum absolute atomic E-state index is 13.5. The molecule has 20 heavy (non-hydrogen) atoms. The topological polar surface area (TPSA) is 42.0 Å². The van der Waals surface area contributed by atoms with Gasteiger partial charge in [0.2, 0.25) is 0 Å². The lowest BCUT2D eigenvalue weighted by Gasteiger charge is -2.08. The number of anilines is 1. The standard InChI is InChI=1S/C14H11ClF2N2O/c1-2-9-6-8(7-12(15)18-9)14(20)19-13-10(16)4-3-5-11(13)17/h3-7H,2H2,1H3,(H,19,20). The van der Waals surface area contributed by atoms with Gasteiger partial charge in [-0.15, -0.1) is 0 Å². The molecule has 2 rings (SSSR count). The Morgan fingerprint density at radius 3 is 2.55 bits per heavy atom. The first-order valence-corrected chi connectivity index (χ1v) is 6.31. The molecular weight excluding hydrogens is 286 g/mol. The molecule has 1 N–H and O–H groups in total. The van der Waals surface area contributed by atoms with Gasteiger partial charge in [-0.25, -0.2) is 13.8 Å². The number of nitrogens with zero attached hydrogens (tertiary/aromatic N) is 1. The van der Waals surface area contributed by atoms with E-state index in [0.717, 1.165) is 12.1 Å². The molecule has 3 nitrogen and oxygen atoms in total. The molecule has 104 valence electrons. The van der Waals surface area contributed by atoms with Crippen molar-refractivity contribution in [2.45, 2.75) is 13.3 Å². The lowest BCUT2D eigenvalue weighted by molar-refractivity contribution is 0.102. The van der Waals surface area contributed by atoms with Crippen LogP contribution in [-0.4, -0.2) is 10.9 Å². The van der Waals surface area contributed by atoms with Crippen LogP contribution in [-0.2, 0) is 6.42 Å². The van der Waals surface area contributed by atoms with E-state index >= 15 is 0 Å². The molecule has 0 atom stereocenters. The Morgan fingerprint density at radius 1 is 1.30 bits per heavy atom. The first-order chi connectivity index (χ1) is 9.51. The van der Waals surface area contributed by atoms with Crippen LogP contribution in [0.2, 0.25) is 5.15 Å². The highest BCUT2D eigenvalue weighted by molar-refractivity contribution is 6.29. The van der Waals surface area contributed by atoms with E-state index in [1.54, 1.807) is 0 Å². The van der Waals surface area contributed by atoms with Gasteiger partial charge in [-0.2, -0.15) is 0 Å². The SMILES string of the molecule is CCc1cc(C(=O)Nc2c(F)cccc2F)cc(Cl)n1. The van der Waals surface area contributed by atoms with Gasteiger partial charge in [0.1, 0.15) is 22.5 Å². The Labute approximate surface area is 119 Å². The Morgan fingerprint density at radius 2 is 1.95 bits per heavy atom. The fraction of sp³-hybridized carbons (Fsp3) is 0.143. The van der Waals surface area contributed by atoms with Gasteiger partial charge in [-0.05, 0) is 30.7 Å². The maximum Gasteiger partial charge on any atom is 0.255 e. The molecule has 6 heteroatoms. The number of rotatable bonds is 3. The Kier molecular flexibility index (Phi) is 4.29. The minimum Gasteiger partial charge on any atom is -0.317 e. The third-order valence-corrected chi connectivity index (χ3v) is 2.87. The second-order valence-electron chi connectivity index (χ2n) is 4.07. The third kappa shape index (κ3) is 3.11. The number of hydrogen-bond donors (Lipinski definition) is 1. The van der Waals surface area contributed by atoms with E-state index in [9.17, 15) is 13.6 Å². The van der Waals surface area contributed by atoms with Gasteiger partial charge in [0.25, 0.3) is 5.91 Å². The summed E-state index contributed by atoms with van der Waals surface area (Å²) in [5.74, 6) is -2.32. The molecule has 0 aliphatic carbocycles. The van der Waals surface area contributed by atoms with Crippen molar-refractivity contribution in [3.63, 3.8) is 0 Å². The number of nitrogens with one attached hydrogen (secondary N) is 1. The summed E-state index contributed by atoms with van der Waals surface area (Å²) in [5.41, 5.74) is 0.338. The molecule has 0 fully saturated rings. The van der Waals surface area contributed by atoms with E-state index in [2.05, 4.69) is 10.3 Å². The number of carbonyl (C=O) groups is 1. The fourth-order valence-electron chi connectivity index (χ4n) is 1.67. The van der Waals surface area contributed by atoms with E-state index < -0.39 is 23.2 Å². The Balaban J connectivity index is 2.31. The van der Waals surface area contributed by atoms with Crippen LogP contribution in [0.4, 0.5) is 14.5 Å². The normalized spacial score (nSPS) is 10.4. The summed E-state index contributed by atoms with van der Waals surface area (Å²) in [4.78, 5) is 16.0. The van der Waals surface area contributed by atoms with Gasteiger partial charge in [-0.3, -0.25) is 4.79 Å². The number of pyridine rings is 1. The van der Waals surface area contributed by atoms with Crippen molar-refractivity contribution in [2.24, 2.45) is 0 Å². The number of carbonyl (C=O) groups excluding carboxylic acids is 1. The van der Waals surface area contributed by atoms with Crippen molar-refractivity contribution < 1.29 is 13.6 Å². The van der Waals surface area contributed by atoms with Crippen LogP contribution in [0.1, 0.15) is 23.0 Å². The molecule has 0 radical (unpaired) electrons. The first-order valence-electron chi connectivity index (χ1n) is 5.93. The zero-order valence-corrected chi connectivity index (χ0v) is 11.3. The second-order valence-corrected chi connectivity index (χ2v) is 4.46. The van der Waals surface area contributed by atoms with Crippen LogP contribution in [0.15, 0.2) is 30.3 Å². The smallest absolute Gasteiger partial charge is 0.255 e. The summed E-state index contributed by atoms with van der Waals surface area (Å²) >= 11 is 5.80. The summed E-state index contributed by atoms with van der Waals surface area (Å²) in [7, 11) is 0. The molecule has 1 aromatic heterocycles. The number of amides is 1. The summed E-state index contributed by atoms with van der Waals surface area (Å²) in [6.07, 6.45) is 0.592. The monoisotopic (exact) mass is 296 g/mol. The Hall–Kier alpha value is -2.01. The molecule has 0 saturated heterocycles. The minimum atomic E-state index is -0.839. The highest BCUT2D eigenvalue weighted by atomic mass is 35.5. The number of aryl methyl sites for hydroxylation is 1. The summed E-state index contributed by atoms with van der Waals surface area (Å²) in [6, 6.07) is 6.22. The zero-order valence-electron chi connectivity index (χ0n) is 10.6. The molecule has 1 amide bonds. The average molecular weight is 297 g/mol. The molecule has 0 aliphatic rings. The van der Waals surface area contributed by atoms with E-state index in [-0.39, 0.29) is 10.7 Å². The molecule has 0 bridgehead atoms. The molecule has 0 spiro atoms. The van der Waals surface area contributed by atoms with E-state index in [4.69, 9.17) is 11.6 Å². The molecule has 0 aliphatic heterocycles. The average Bonchev–Trinajstić information content (AvgIpc) is 2.42. The van der Waals surface area contributed by atoms with Crippen molar-refractivity contribution >= 4 is 23.2 Å². The van der Waals surface area contributed by atoms with E-state index in [1.165, 1.54) is 18.2 Å². The van der Waals surface area contributed by atoms with Gasteiger partial charge in [0, 0.05) is 11.3 Å². The maximum atomic E-state index is 13.5. The first kappa shape index (κ1) is 14.4. The largest absolute Gasteiger partial charge is 0.317 e. The highest BCUT2D eigenvalue weighted by Gasteiger charge is 2.14. The predicted molar refractivity (Wildman–Crippen MR) is 72.9 cm³/mol. The lowest BCUT2D eigenvalue weighted by Crippen LogP contribution is -2.15. The summed E-state index contributed by atoms with van der Waals surface area (Å²) < 4.78 is 26.9. The molecule has 0 unspecified atom stereocenters. The predicted octanol–water partition coefficient (Wildman–Crippen LogP) is 3.83. The number of hydrogen-bond acceptors (Lipinski definition) is 2. The zero-order chi connectivity index (χ0) is 14.7. The van der Waals surface area contributed by atoms with Crippen molar-refractivity contribution in [1.82, 2.24) is 4.98 Å². The number of para-hydroxylation sites is 1. The van der Waals surface area contributed by atoms with E-state index in [0.29, 0.717) is 12.1 Å². The van der Waals surface area contributed by atoms with Gasteiger partial charge < -0.3 is 5.32 Å². The highest BCUT2D eigenvalue weighted by Crippen LogP contribution is 2.20.